The first-order valence-corrected chi connectivity index (χ1v) is 8.92. The highest BCUT2D eigenvalue weighted by Gasteiger charge is 2.21. The van der Waals surface area contributed by atoms with Crippen LogP contribution < -0.4 is 14.8 Å². The Morgan fingerprint density at radius 3 is 2.73 bits per heavy atom. The molecule has 1 unspecified atom stereocenters. The number of hydrogen-bond donors (Lipinski definition) is 1. The molecule has 1 fully saturated rings. The van der Waals surface area contributed by atoms with Gasteiger partial charge in [0.25, 0.3) is 0 Å². The van der Waals surface area contributed by atoms with Gasteiger partial charge in [0.2, 0.25) is 0 Å². The van der Waals surface area contributed by atoms with Gasteiger partial charge in [0, 0.05) is 33.3 Å². The van der Waals surface area contributed by atoms with Gasteiger partial charge < -0.3 is 24.4 Å². The van der Waals surface area contributed by atoms with Crippen LogP contribution in [0.3, 0.4) is 0 Å². The van der Waals surface area contributed by atoms with Crippen LogP contribution >= 0.6 is 24.0 Å². The number of methoxy groups -OCH3 is 1. The lowest BCUT2D eigenvalue weighted by atomic mass is 10.3. The fourth-order valence-electron chi connectivity index (χ4n) is 2.41. The number of benzene rings is 1. The van der Waals surface area contributed by atoms with Crippen molar-refractivity contribution in [1.29, 1.82) is 0 Å². The van der Waals surface area contributed by atoms with Crippen molar-refractivity contribution in [2.75, 3.05) is 47.5 Å². The third-order valence-electron chi connectivity index (χ3n) is 4.12. The lowest BCUT2D eigenvalue weighted by Gasteiger charge is -2.24. The van der Waals surface area contributed by atoms with Gasteiger partial charge in [0.1, 0.15) is 17.6 Å². The predicted octanol–water partition coefficient (Wildman–Crippen LogP) is 3.01. The minimum Gasteiger partial charge on any atom is -0.497 e. The lowest BCUT2D eigenvalue weighted by molar-refractivity contribution is 0.115. The highest BCUT2D eigenvalue weighted by atomic mass is 127. The van der Waals surface area contributed by atoms with Crippen molar-refractivity contribution < 1.29 is 14.2 Å². The van der Waals surface area contributed by atoms with Crippen molar-refractivity contribution in [3.63, 3.8) is 0 Å². The molecule has 0 spiro atoms. The Bertz CT molecular complexity index is 553. The number of aliphatic imine (C=N–C) groups is 1. The quantitative estimate of drug-likeness (QED) is 0.243. The van der Waals surface area contributed by atoms with E-state index in [0.29, 0.717) is 6.54 Å². The van der Waals surface area contributed by atoms with Crippen LogP contribution in [0, 0.1) is 5.92 Å². The van der Waals surface area contributed by atoms with Crippen molar-refractivity contribution in [2.24, 2.45) is 10.9 Å². The molecule has 6 nitrogen and oxygen atoms in total. The summed E-state index contributed by atoms with van der Waals surface area (Å²) in [5.41, 5.74) is 0. The number of halogens is 1. The molecule has 0 radical (unpaired) electrons. The third kappa shape index (κ3) is 8.44. The second kappa shape index (κ2) is 12.2. The molecule has 0 aromatic heterocycles. The molecule has 1 aliphatic rings. The maximum absolute atomic E-state index is 5.92. The van der Waals surface area contributed by atoms with Gasteiger partial charge in [-0.25, -0.2) is 0 Å². The summed E-state index contributed by atoms with van der Waals surface area (Å²) in [6.07, 6.45) is 2.65. The summed E-state index contributed by atoms with van der Waals surface area (Å²) in [6.45, 7) is 5.13. The summed E-state index contributed by atoms with van der Waals surface area (Å²) < 4.78 is 16.8. The molecule has 148 valence electrons. The average molecular weight is 477 g/mol. The van der Waals surface area contributed by atoms with Crippen LogP contribution in [-0.4, -0.2) is 64.5 Å². The van der Waals surface area contributed by atoms with Crippen LogP contribution in [0.5, 0.6) is 11.5 Å². The minimum atomic E-state index is 0. The highest BCUT2D eigenvalue weighted by Crippen LogP contribution is 2.28. The van der Waals surface area contributed by atoms with Crippen molar-refractivity contribution in [2.45, 2.75) is 25.9 Å². The van der Waals surface area contributed by atoms with E-state index in [2.05, 4.69) is 15.2 Å². The molecule has 1 aromatic rings. The van der Waals surface area contributed by atoms with Crippen LogP contribution in [-0.2, 0) is 4.74 Å². The van der Waals surface area contributed by atoms with Crippen LogP contribution in [0.2, 0.25) is 0 Å². The molecule has 26 heavy (non-hydrogen) atoms. The van der Waals surface area contributed by atoms with E-state index in [1.807, 2.05) is 38.2 Å². The van der Waals surface area contributed by atoms with E-state index in [9.17, 15) is 0 Å². The van der Waals surface area contributed by atoms with Crippen molar-refractivity contribution in [1.82, 2.24) is 10.2 Å². The molecule has 0 saturated heterocycles. The average Bonchev–Trinajstić information content (AvgIpc) is 3.43. The molecule has 1 aromatic carbocycles. The normalized spacial score (nSPS) is 15.0. The molecule has 1 aliphatic carbocycles. The molecule has 1 saturated carbocycles. The van der Waals surface area contributed by atoms with Crippen LogP contribution in [0.15, 0.2) is 29.3 Å². The summed E-state index contributed by atoms with van der Waals surface area (Å²) in [5.74, 6) is 3.23. The molecule has 0 bridgehead atoms. The van der Waals surface area contributed by atoms with Crippen molar-refractivity contribution >= 4 is 29.9 Å². The Morgan fingerprint density at radius 2 is 2.08 bits per heavy atom. The Morgan fingerprint density at radius 1 is 1.35 bits per heavy atom. The summed E-state index contributed by atoms with van der Waals surface area (Å²) >= 11 is 0. The lowest BCUT2D eigenvalue weighted by Crippen LogP contribution is -2.44. The van der Waals surface area contributed by atoms with Crippen LogP contribution in [0.4, 0.5) is 0 Å². The first kappa shape index (κ1) is 22.8. The first-order valence-electron chi connectivity index (χ1n) is 8.92. The van der Waals surface area contributed by atoms with Gasteiger partial charge in [-0.1, -0.05) is 6.07 Å². The SMILES string of the molecule is CN=C(NCC(C)Oc1cccc(OC)c1)N(C)CCOCC1CC1.I. The third-order valence-corrected chi connectivity index (χ3v) is 4.12. The Labute approximate surface area is 174 Å². The topological polar surface area (TPSA) is 55.3 Å². The van der Waals surface area contributed by atoms with Crippen LogP contribution in [0.25, 0.3) is 0 Å². The van der Waals surface area contributed by atoms with E-state index in [-0.39, 0.29) is 30.1 Å². The molecule has 2 rings (SSSR count). The van der Waals surface area contributed by atoms with Gasteiger partial charge in [-0.2, -0.15) is 0 Å². The Hall–Kier alpha value is -1.22. The molecule has 0 aliphatic heterocycles. The van der Waals surface area contributed by atoms with E-state index in [1.54, 1.807) is 14.2 Å². The number of guanidine groups is 1. The molecular formula is C19H32IN3O3. The van der Waals surface area contributed by atoms with Gasteiger partial charge in [0.05, 0.1) is 20.3 Å². The van der Waals surface area contributed by atoms with Crippen molar-refractivity contribution in [3.8, 4) is 11.5 Å². The summed E-state index contributed by atoms with van der Waals surface area (Å²) in [4.78, 5) is 6.40. The van der Waals surface area contributed by atoms with Crippen LogP contribution in [0.1, 0.15) is 19.8 Å². The van der Waals surface area contributed by atoms with Gasteiger partial charge in [0.15, 0.2) is 5.96 Å². The zero-order valence-corrected chi connectivity index (χ0v) is 18.6. The maximum Gasteiger partial charge on any atom is 0.193 e. The molecule has 1 atom stereocenters. The highest BCUT2D eigenvalue weighted by molar-refractivity contribution is 14.0. The second-order valence-electron chi connectivity index (χ2n) is 6.48. The number of nitrogens with one attached hydrogen (secondary N) is 1. The largest absolute Gasteiger partial charge is 0.497 e. The standard InChI is InChI=1S/C19H31N3O3.HI/c1-15(25-18-7-5-6-17(12-18)23-4)13-21-19(20-2)22(3)10-11-24-14-16-8-9-16;/h5-7,12,15-16H,8-11,13-14H2,1-4H3,(H,20,21);1H. The smallest absolute Gasteiger partial charge is 0.193 e. The predicted molar refractivity (Wildman–Crippen MR) is 116 cm³/mol. The molecular weight excluding hydrogens is 445 g/mol. The van der Waals surface area contributed by atoms with E-state index < -0.39 is 0 Å². The van der Waals surface area contributed by atoms with Gasteiger partial charge in [-0.05, 0) is 37.8 Å². The summed E-state index contributed by atoms with van der Waals surface area (Å²) in [5, 5.41) is 3.34. The molecule has 7 heteroatoms. The fourth-order valence-corrected chi connectivity index (χ4v) is 2.41. The number of ether oxygens (including phenoxy) is 3. The Balaban J connectivity index is 0.00000338. The zero-order valence-electron chi connectivity index (χ0n) is 16.2. The number of rotatable bonds is 10. The van der Waals surface area contributed by atoms with Gasteiger partial charge >= 0.3 is 0 Å². The van der Waals surface area contributed by atoms with Gasteiger partial charge in [-0.15, -0.1) is 24.0 Å². The minimum absolute atomic E-state index is 0. The number of likely N-dealkylation sites (N-methyl/N-ethyl adjacent to an activating group) is 1. The van der Waals surface area contributed by atoms with E-state index in [1.165, 1.54) is 12.8 Å². The molecule has 0 heterocycles. The zero-order chi connectivity index (χ0) is 18.1. The molecule has 0 amide bonds. The molecule has 1 N–H and O–H groups in total. The summed E-state index contributed by atoms with van der Waals surface area (Å²) in [7, 11) is 5.46. The number of nitrogens with zero attached hydrogens (tertiary/aromatic N) is 2. The van der Waals surface area contributed by atoms with Crippen molar-refractivity contribution in [3.05, 3.63) is 24.3 Å². The van der Waals surface area contributed by atoms with E-state index in [4.69, 9.17) is 14.2 Å². The van der Waals surface area contributed by atoms with E-state index in [0.717, 1.165) is 43.1 Å². The summed E-state index contributed by atoms with van der Waals surface area (Å²) in [6, 6.07) is 7.63. The fraction of sp³-hybridized carbons (Fsp3) is 0.632. The second-order valence-corrected chi connectivity index (χ2v) is 6.48. The number of hydrogen-bond acceptors (Lipinski definition) is 4. The maximum atomic E-state index is 5.92. The monoisotopic (exact) mass is 477 g/mol. The van der Waals surface area contributed by atoms with E-state index >= 15 is 0 Å². The van der Waals surface area contributed by atoms with Gasteiger partial charge in [-0.3, -0.25) is 4.99 Å². The first-order chi connectivity index (χ1) is 12.1. The Kier molecular flexibility index (Phi) is 10.7.